The molecule has 2 aromatic rings. The summed E-state index contributed by atoms with van der Waals surface area (Å²) in [5.41, 5.74) is 5.85. The lowest BCUT2D eigenvalue weighted by Gasteiger charge is -2.30. The van der Waals surface area contributed by atoms with E-state index >= 15 is 0 Å². The van der Waals surface area contributed by atoms with Gasteiger partial charge >= 0.3 is 6.09 Å². The molecule has 0 aliphatic carbocycles. The maximum Gasteiger partial charge on any atom is 0.410 e. The van der Waals surface area contributed by atoms with Gasteiger partial charge in [0.1, 0.15) is 11.4 Å². The van der Waals surface area contributed by atoms with Gasteiger partial charge in [-0.3, -0.25) is 4.79 Å². The van der Waals surface area contributed by atoms with Gasteiger partial charge in [-0.05, 0) is 56.4 Å². The van der Waals surface area contributed by atoms with E-state index in [-0.39, 0.29) is 23.0 Å². The lowest BCUT2D eigenvalue weighted by molar-refractivity contribution is 0.0215. The number of carbonyl (C=O) groups is 2. The summed E-state index contributed by atoms with van der Waals surface area (Å²) in [5.74, 6) is 0.130. The zero-order valence-electron chi connectivity index (χ0n) is 19.6. The highest BCUT2D eigenvalue weighted by atomic mass is 35.5. The number of benzene rings is 1. The number of amides is 2. The molecule has 0 spiro atoms. The summed E-state index contributed by atoms with van der Waals surface area (Å²) in [7, 11) is 0. The van der Waals surface area contributed by atoms with Crippen LogP contribution in [0.15, 0.2) is 36.5 Å². The summed E-state index contributed by atoms with van der Waals surface area (Å²) in [5, 5.41) is 0.378. The van der Waals surface area contributed by atoms with Crippen LogP contribution in [0.1, 0.15) is 63.9 Å². The first kappa shape index (κ1) is 25.5. The van der Waals surface area contributed by atoms with Crippen LogP contribution in [0, 0.1) is 5.41 Å². The molecule has 2 N–H and O–H groups in total. The topological polar surface area (TPSA) is 94.8 Å². The lowest BCUT2D eigenvalue weighted by Crippen LogP contribution is -2.38. The molecule has 1 aromatic heterocycles. The van der Waals surface area contributed by atoms with Crippen molar-refractivity contribution in [3.05, 3.63) is 52.7 Å². The smallest absolute Gasteiger partial charge is 0.410 e. The molecule has 0 saturated heterocycles. The molecule has 0 saturated carbocycles. The van der Waals surface area contributed by atoms with Gasteiger partial charge in [-0.25, -0.2) is 9.78 Å². The number of primary amides is 1. The number of halogens is 1. The molecule has 2 amide bonds. The predicted octanol–water partition coefficient (Wildman–Crippen LogP) is 5.80. The zero-order chi connectivity index (χ0) is 24.1. The second kappa shape index (κ2) is 10.2. The summed E-state index contributed by atoms with van der Waals surface area (Å²) >= 11 is 6.42. The van der Waals surface area contributed by atoms with E-state index in [0.29, 0.717) is 23.9 Å². The molecule has 0 aliphatic rings. The van der Waals surface area contributed by atoms with Gasteiger partial charge in [-0.15, -0.1) is 0 Å². The number of ether oxygens (including phenoxy) is 2. The molecule has 8 heteroatoms. The third kappa shape index (κ3) is 8.38. The van der Waals surface area contributed by atoms with Gasteiger partial charge in [-0.2, -0.15) is 0 Å². The van der Waals surface area contributed by atoms with E-state index in [1.807, 2.05) is 26.8 Å². The number of rotatable bonds is 7. The van der Waals surface area contributed by atoms with Crippen LogP contribution < -0.4 is 10.5 Å². The first-order valence-electron chi connectivity index (χ1n) is 10.4. The third-order valence-electron chi connectivity index (χ3n) is 4.39. The van der Waals surface area contributed by atoms with Gasteiger partial charge in [0, 0.05) is 25.4 Å². The van der Waals surface area contributed by atoms with Crippen LogP contribution in [-0.2, 0) is 11.3 Å². The van der Waals surface area contributed by atoms with E-state index in [9.17, 15) is 9.59 Å². The SMILES string of the molecule is CC(C)(C)CCN(Cc1ccc(Oc2ccc(C(N)=O)cn2)c(Cl)c1)C(=O)OC(C)(C)C. The highest BCUT2D eigenvalue weighted by Gasteiger charge is 2.24. The first-order chi connectivity index (χ1) is 14.7. The summed E-state index contributed by atoms with van der Waals surface area (Å²) in [4.78, 5) is 29.7. The molecule has 0 unspecified atom stereocenters. The van der Waals surface area contributed by atoms with Crippen LogP contribution >= 0.6 is 11.6 Å². The average Bonchev–Trinajstić information content (AvgIpc) is 2.65. The Morgan fingerprint density at radius 2 is 1.78 bits per heavy atom. The maximum atomic E-state index is 12.8. The number of carbonyl (C=O) groups excluding carboxylic acids is 2. The van der Waals surface area contributed by atoms with E-state index in [0.717, 1.165) is 12.0 Å². The number of nitrogens with zero attached hydrogens (tertiary/aromatic N) is 2. The number of aromatic nitrogens is 1. The maximum absolute atomic E-state index is 12.8. The Morgan fingerprint density at radius 1 is 1.09 bits per heavy atom. The molecule has 7 nitrogen and oxygen atoms in total. The van der Waals surface area contributed by atoms with E-state index in [4.69, 9.17) is 26.8 Å². The van der Waals surface area contributed by atoms with Crippen LogP contribution in [0.25, 0.3) is 0 Å². The number of pyridine rings is 1. The minimum atomic E-state index is -0.580. The predicted molar refractivity (Wildman–Crippen MR) is 125 cm³/mol. The van der Waals surface area contributed by atoms with Crippen LogP contribution in [0.2, 0.25) is 5.02 Å². The standard InChI is InChI=1S/C24H32ClN3O4/c1-23(2,3)11-12-28(22(30)32-24(4,5)6)15-16-7-9-19(18(25)13-16)31-20-10-8-17(14-27-20)21(26)29/h7-10,13-14H,11-12,15H2,1-6H3,(H2,26,29). The van der Waals surface area contributed by atoms with Crippen molar-refractivity contribution in [2.45, 2.75) is 60.1 Å². The Morgan fingerprint density at radius 3 is 2.28 bits per heavy atom. The molecule has 32 heavy (non-hydrogen) atoms. The molecule has 0 atom stereocenters. The molecule has 0 fully saturated rings. The van der Waals surface area contributed by atoms with Crippen molar-refractivity contribution in [1.29, 1.82) is 0 Å². The molecule has 174 valence electrons. The summed E-state index contributed by atoms with van der Waals surface area (Å²) < 4.78 is 11.3. The van der Waals surface area contributed by atoms with Crippen molar-refractivity contribution in [1.82, 2.24) is 9.88 Å². The van der Waals surface area contributed by atoms with E-state index < -0.39 is 11.5 Å². The third-order valence-corrected chi connectivity index (χ3v) is 4.68. The zero-order valence-corrected chi connectivity index (χ0v) is 20.3. The normalized spacial score (nSPS) is 11.7. The molecule has 2 rings (SSSR count). The Bertz CT molecular complexity index is 947. The highest BCUT2D eigenvalue weighted by Crippen LogP contribution is 2.30. The summed E-state index contributed by atoms with van der Waals surface area (Å²) in [6, 6.07) is 8.39. The fraction of sp³-hybridized carbons (Fsp3) is 0.458. The molecule has 0 aliphatic heterocycles. The largest absolute Gasteiger partial charge is 0.444 e. The quantitative estimate of drug-likeness (QED) is 0.562. The Kier molecular flexibility index (Phi) is 8.13. The Balaban J connectivity index is 2.15. The second-order valence-electron chi connectivity index (χ2n) is 9.83. The Labute approximate surface area is 194 Å². The molecule has 0 bridgehead atoms. The summed E-state index contributed by atoms with van der Waals surface area (Å²) in [6.07, 6.45) is 1.80. The monoisotopic (exact) mass is 461 g/mol. The van der Waals surface area contributed by atoms with Crippen molar-refractivity contribution >= 4 is 23.6 Å². The fourth-order valence-electron chi connectivity index (χ4n) is 2.68. The van der Waals surface area contributed by atoms with Crippen LogP contribution in [-0.4, -0.2) is 34.0 Å². The highest BCUT2D eigenvalue weighted by molar-refractivity contribution is 6.32. The number of nitrogens with two attached hydrogens (primary N) is 1. The molecule has 1 aromatic carbocycles. The van der Waals surface area contributed by atoms with Crippen molar-refractivity contribution in [2.24, 2.45) is 11.1 Å². The molecular weight excluding hydrogens is 430 g/mol. The van der Waals surface area contributed by atoms with Crippen molar-refractivity contribution in [3.8, 4) is 11.6 Å². The van der Waals surface area contributed by atoms with Crippen molar-refractivity contribution < 1.29 is 19.1 Å². The van der Waals surface area contributed by atoms with Gasteiger partial charge in [0.15, 0.2) is 0 Å². The molecule has 0 radical (unpaired) electrons. The van der Waals surface area contributed by atoms with Gasteiger partial charge in [0.25, 0.3) is 0 Å². The number of hydrogen-bond donors (Lipinski definition) is 1. The van der Waals surface area contributed by atoms with Crippen LogP contribution in [0.5, 0.6) is 11.6 Å². The minimum Gasteiger partial charge on any atom is -0.444 e. The van der Waals surface area contributed by atoms with Crippen molar-refractivity contribution in [2.75, 3.05) is 6.54 Å². The summed E-state index contributed by atoms with van der Waals surface area (Å²) in [6.45, 7) is 12.9. The molecular formula is C24H32ClN3O4. The van der Waals surface area contributed by atoms with Gasteiger partial charge in [-0.1, -0.05) is 38.4 Å². The first-order valence-corrected chi connectivity index (χ1v) is 10.8. The van der Waals surface area contributed by atoms with Crippen LogP contribution in [0.3, 0.4) is 0 Å². The van der Waals surface area contributed by atoms with Crippen molar-refractivity contribution in [3.63, 3.8) is 0 Å². The minimum absolute atomic E-state index is 0.0761. The average molecular weight is 462 g/mol. The second-order valence-corrected chi connectivity index (χ2v) is 10.2. The van der Waals surface area contributed by atoms with Gasteiger partial charge < -0.3 is 20.1 Å². The van der Waals surface area contributed by atoms with Gasteiger partial charge in [0.2, 0.25) is 11.8 Å². The number of hydrogen-bond acceptors (Lipinski definition) is 5. The van der Waals surface area contributed by atoms with Crippen LogP contribution in [0.4, 0.5) is 4.79 Å². The van der Waals surface area contributed by atoms with E-state index in [1.165, 1.54) is 12.3 Å². The molecule has 1 heterocycles. The lowest BCUT2D eigenvalue weighted by atomic mass is 9.92. The Hall–Kier alpha value is -2.80. The van der Waals surface area contributed by atoms with E-state index in [1.54, 1.807) is 23.1 Å². The van der Waals surface area contributed by atoms with Gasteiger partial charge in [0.05, 0.1) is 10.6 Å². The fourth-order valence-corrected chi connectivity index (χ4v) is 2.92. The van der Waals surface area contributed by atoms with E-state index in [2.05, 4.69) is 25.8 Å².